The molecule has 0 saturated carbocycles. The van der Waals surface area contributed by atoms with Crippen LogP contribution in [0, 0.1) is 6.07 Å². The summed E-state index contributed by atoms with van der Waals surface area (Å²) in [7, 11) is -3.08. The molecule has 0 atom stereocenters. The van der Waals surface area contributed by atoms with Crippen LogP contribution in [0.5, 0.6) is 0 Å². The Morgan fingerprint density at radius 3 is 2.69 bits per heavy atom. The Morgan fingerprint density at radius 1 is 1.38 bits per heavy atom. The smallest absolute Gasteiger partial charge is 0.178 e. The van der Waals surface area contributed by atoms with E-state index < -0.39 is 9.84 Å². The van der Waals surface area contributed by atoms with Gasteiger partial charge in [-0.05, 0) is 12.5 Å². The van der Waals surface area contributed by atoms with Gasteiger partial charge in [-0.25, -0.2) is 8.42 Å². The van der Waals surface area contributed by atoms with Crippen LogP contribution in [0.15, 0.2) is 29.2 Å². The molecule has 2 nitrogen and oxygen atoms in total. The number of hydrogen-bond donors (Lipinski definition) is 0. The van der Waals surface area contributed by atoms with E-state index in [0.29, 0.717) is 11.3 Å². The standard InChI is InChI=1S/C10H13O2S/c1-2-3-9-13(11,12)10-7-5-4-6-8-10/h4-7H,2-3,9H2,1H3. The van der Waals surface area contributed by atoms with Gasteiger partial charge in [0.15, 0.2) is 9.84 Å². The topological polar surface area (TPSA) is 34.1 Å². The molecule has 1 aromatic rings. The number of sulfone groups is 1. The molecule has 1 radical (unpaired) electrons. The summed E-state index contributed by atoms with van der Waals surface area (Å²) in [5, 5.41) is 0. The first-order valence-corrected chi connectivity index (χ1v) is 6.01. The second-order valence-electron chi connectivity index (χ2n) is 2.90. The second-order valence-corrected chi connectivity index (χ2v) is 4.98. The molecule has 71 valence electrons. The third-order valence-corrected chi connectivity index (χ3v) is 3.53. The summed E-state index contributed by atoms with van der Waals surface area (Å²) in [4.78, 5) is 0.309. The van der Waals surface area contributed by atoms with Crippen LogP contribution in [-0.4, -0.2) is 14.2 Å². The van der Waals surface area contributed by atoms with Gasteiger partial charge in [0.05, 0.1) is 10.6 Å². The van der Waals surface area contributed by atoms with Crippen LogP contribution in [0.2, 0.25) is 0 Å². The maximum Gasteiger partial charge on any atom is 0.178 e. The van der Waals surface area contributed by atoms with Crippen molar-refractivity contribution in [3.63, 3.8) is 0 Å². The van der Waals surface area contributed by atoms with E-state index in [-0.39, 0.29) is 5.75 Å². The Balaban J connectivity index is 2.83. The van der Waals surface area contributed by atoms with E-state index in [1.165, 1.54) is 0 Å². The maximum atomic E-state index is 11.6. The average molecular weight is 197 g/mol. The third-order valence-electron chi connectivity index (χ3n) is 1.78. The minimum absolute atomic E-state index is 0.226. The van der Waals surface area contributed by atoms with Crippen molar-refractivity contribution in [2.45, 2.75) is 24.7 Å². The molecule has 0 heterocycles. The first kappa shape index (κ1) is 10.3. The molecule has 1 aromatic carbocycles. The Bertz CT molecular complexity index is 340. The number of benzene rings is 1. The summed E-state index contributed by atoms with van der Waals surface area (Å²) in [6, 6.07) is 9.42. The van der Waals surface area contributed by atoms with Gasteiger partial charge in [0.1, 0.15) is 0 Å². The molecule has 3 heteroatoms. The van der Waals surface area contributed by atoms with Gasteiger partial charge in [-0.1, -0.05) is 31.5 Å². The lowest BCUT2D eigenvalue weighted by Gasteiger charge is -2.01. The molecule has 0 fully saturated rings. The van der Waals surface area contributed by atoms with E-state index in [4.69, 9.17) is 0 Å². The Labute approximate surface area is 79.5 Å². The number of hydrogen-bond acceptors (Lipinski definition) is 2. The maximum absolute atomic E-state index is 11.6. The van der Waals surface area contributed by atoms with Gasteiger partial charge in [0, 0.05) is 6.07 Å². The lowest BCUT2D eigenvalue weighted by molar-refractivity contribution is 0.592. The summed E-state index contributed by atoms with van der Waals surface area (Å²) in [5.41, 5.74) is 0. The summed E-state index contributed by atoms with van der Waals surface area (Å²) >= 11 is 0. The summed E-state index contributed by atoms with van der Waals surface area (Å²) in [6.45, 7) is 1.98. The molecule has 0 aliphatic rings. The Morgan fingerprint density at radius 2 is 2.15 bits per heavy atom. The highest BCUT2D eigenvalue weighted by atomic mass is 32.2. The molecule has 0 aromatic heterocycles. The van der Waals surface area contributed by atoms with Crippen LogP contribution >= 0.6 is 0 Å². The van der Waals surface area contributed by atoms with Crippen molar-refractivity contribution in [2.75, 3.05) is 5.75 Å². The van der Waals surface area contributed by atoms with Crippen molar-refractivity contribution in [3.8, 4) is 0 Å². The molecule has 1 rings (SSSR count). The van der Waals surface area contributed by atoms with Gasteiger partial charge in [0.25, 0.3) is 0 Å². The van der Waals surface area contributed by atoms with E-state index in [9.17, 15) is 8.42 Å². The van der Waals surface area contributed by atoms with Crippen molar-refractivity contribution in [2.24, 2.45) is 0 Å². The molecular weight excluding hydrogens is 184 g/mol. The molecule has 0 aliphatic heterocycles. The van der Waals surface area contributed by atoms with Crippen molar-refractivity contribution in [1.29, 1.82) is 0 Å². The number of rotatable bonds is 4. The third kappa shape index (κ3) is 2.84. The van der Waals surface area contributed by atoms with Gasteiger partial charge in [0.2, 0.25) is 0 Å². The monoisotopic (exact) mass is 197 g/mol. The molecule has 13 heavy (non-hydrogen) atoms. The van der Waals surface area contributed by atoms with Crippen LogP contribution < -0.4 is 0 Å². The minimum atomic E-state index is -3.08. The van der Waals surface area contributed by atoms with Crippen molar-refractivity contribution in [3.05, 3.63) is 30.3 Å². The molecule has 0 aliphatic carbocycles. The van der Waals surface area contributed by atoms with E-state index in [0.717, 1.165) is 6.42 Å². The fourth-order valence-electron chi connectivity index (χ4n) is 1.01. The minimum Gasteiger partial charge on any atom is -0.224 e. The normalized spacial score (nSPS) is 11.5. The van der Waals surface area contributed by atoms with E-state index in [1.54, 1.807) is 24.3 Å². The molecule has 0 N–H and O–H groups in total. The summed E-state index contributed by atoms with van der Waals surface area (Å²) < 4.78 is 23.1. The van der Waals surface area contributed by atoms with Crippen LogP contribution in [0.3, 0.4) is 0 Å². The molecular formula is C10H13O2S. The molecule has 0 amide bonds. The molecule has 0 saturated heterocycles. The van der Waals surface area contributed by atoms with Gasteiger partial charge in [-0.15, -0.1) is 0 Å². The van der Waals surface area contributed by atoms with E-state index in [1.807, 2.05) is 6.92 Å². The zero-order valence-corrected chi connectivity index (χ0v) is 8.47. The predicted octanol–water partition coefficient (Wildman–Crippen LogP) is 2.06. The zero-order valence-electron chi connectivity index (χ0n) is 7.66. The highest BCUT2D eigenvalue weighted by Crippen LogP contribution is 2.10. The Hall–Kier alpha value is -0.830. The largest absolute Gasteiger partial charge is 0.224 e. The predicted molar refractivity (Wildman–Crippen MR) is 52.2 cm³/mol. The van der Waals surface area contributed by atoms with Crippen LogP contribution in [0.25, 0.3) is 0 Å². The Kier molecular flexibility index (Phi) is 3.48. The first-order valence-electron chi connectivity index (χ1n) is 4.36. The van der Waals surface area contributed by atoms with Crippen LogP contribution in [0.4, 0.5) is 0 Å². The SMILES string of the molecule is CCCCS(=O)(=O)c1[c]cccc1. The summed E-state index contributed by atoms with van der Waals surface area (Å²) in [6.07, 6.45) is 1.61. The summed E-state index contributed by atoms with van der Waals surface area (Å²) in [5.74, 6) is 0.226. The quantitative estimate of drug-likeness (QED) is 0.740. The number of unbranched alkanes of at least 4 members (excludes halogenated alkanes) is 1. The molecule has 0 spiro atoms. The lowest BCUT2D eigenvalue weighted by Crippen LogP contribution is -2.06. The van der Waals surface area contributed by atoms with Crippen molar-refractivity contribution < 1.29 is 8.42 Å². The zero-order chi connectivity index (χ0) is 9.73. The highest BCUT2D eigenvalue weighted by molar-refractivity contribution is 7.91. The van der Waals surface area contributed by atoms with Gasteiger partial charge in [-0.3, -0.25) is 0 Å². The van der Waals surface area contributed by atoms with E-state index in [2.05, 4.69) is 6.07 Å². The fraction of sp³-hybridized carbons (Fsp3) is 0.400. The van der Waals surface area contributed by atoms with Gasteiger partial charge < -0.3 is 0 Å². The molecule has 0 unspecified atom stereocenters. The lowest BCUT2D eigenvalue weighted by atomic mass is 10.4. The molecule has 0 bridgehead atoms. The highest BCUT2D eigenvalue weighted by Gasteiger charge is 2.12. The van der Waals surface area contributed by atoms with E-state index >= 15 is 0 Å². The van der Waals surface area contributed by atoms with Crippen LogP contribution in [-0.2, 0) is 9.84 Å². The second kappa shape index (κ2) is 4.42. The first-order chi connectivity index (χ1) is 6.17. The fourth-order valence-corrected chi connectivity index (χ4v) is 2.44. The van der Waals surface area contributed by atoms with Gasteiger partial charge >= 0.3 is 0 Å². The van der Waals surface area contributed by atoms with Gasteiger partial charge in [-0.2, -0.15) is 0 Å². The van der Waals surface area contributed by atoms with Crippen molar-refractivity contribution >= 4 is 9.84 Å². The van der Waals surface area contributed by atoms with Crippen molar-refractivity contribution in [1.82, 2.24) is 0 Å². The van der Waals surface area contributed by atoms with Crippen LogP contribution in [0.1, 0.15) is 19.8 Å². The average Bonchev–Trinajstić information content (AvgIpc) is 2.16.